The number of hydrogen-bond acceptors (Lipinski definition) is 3. The average Bonchev–Trinajstić information content (AvgIpc) is 2.64. The van der Waals surface area contributed by atoms with Gasteiger partial charge in [0.1, 0.15) is 4.90 Å². The molecule has 1 unspecified atom stereocenters. The van der Waals surface area contributed by atoms with E-state index < -0.39 is 10.0 Å². The van der Waals surface area contributed by atoms with Gasteiger partial charge in [-0.1, -0.05) is 22.9 Å². The largest absolute Gasteiger partial charge is 0.281 e. The number of rotatable bonds is 7. The Bertz CT molecular complexity index is 465. The maximum absolute atomic E-state index is 12.1. The van der Waals surface area contributed by atoms with Crippen molar-refractivity contribution in [3.63, 3.8) is 0 Å². The van der Waals surface area contributed by atoms with E-state index in [1.807, 2.05) is 0 Å². The molecule has 0 aliphatic heterocycles. The summed E-state index contributed by atoms with van der Waals surface area (Å²) >= 11 is 3.41. The third-order valence-corrected chi connectivity index (χ3v) is 5.59. The number of sulfonamides is 1. The first-order valence-electron chi connectivity index (χ1n) is 5.95. The molecule has 1 aromatic heterocycles. The number of aryl methyl sites for hydroxylation is 2. The number of nitrogens with zero attached hydrogens (tertiary/aromatic N) is 1. The lowest BCUT2D eigenvalue weighted by molar-refractivity contribution is 0.546. The second-order valence-electron chi connectivity index (χ2n) is 4.56. The normalized spacial score (nSPS) is 13.8. The monoisotopic (exact) mass is 337 g/mol. The molecule has 0 aliphatic rings. The van der Waals surface area contributed by atoms with E-state index in [0.717, 1.165) is 18.2 Å². The molecule has 0 saturated carbocycles. The third-order valence-electron chi connectivity index (χ3n) is 2.76. The number of H-pyrrole nitrogens is 1. The lowest BCUT2D eigenvalue weighted by atomic mass is 10.1. The molecule has 0 saturated heterocycles. The van der Waals surface area contributed by atoms with Crippen molar-refractivity contribution < 1.29 is 8.42 Å². The minimum absolute atomic E-state index is 0.274. The highest BCUT2D eigenvalue weighted by Crippen LogP contribution is 2.16. The van der Waals surface area contributed by atoms with Crippen LogP contribution in [-0.4, -0.2) is 30.5 Å². The number of alkyl halides is 1. The summed E-state index contributed by atoms with van der Waals surface area (Å²) in [4.78, 5) is 0.274. The van der Waals surface area contributed by atoms with Crippen LogP contribution in [0.3, 0.4) is 0 Å². The Kier molecular flexibility index (Phi) is 5.81. The maximum Gasteiger partial charge on any atom is 0.244 e. The highest BCUT2D eigenvalue weighted by Gasteiger charge is 2.21. The number of nitrogens with one attached hydrogen (secondary N) is 2. The number of halogens is 1. The van der Waals surface area contributed by atoms with Gasteiger partial charge >= 0.3 is 0 Å². The minimum atomic E-state index is -3.44. The van der Waals surface area contributed by atoms with Crippen LogP contribution >= 0.6 is 15.9 Å². The van der Waals surface area contributed by atoms with Gasteiger partial charge in [-0.15, -0.1) is 0 Å². The fraction of sp³-hybridized carbons (Fsp3) is 0.727. The summed E-state index contributed by atoms with van der Waals surface area (Å²) in [5, 5.41) is 7.53. The molecule has 0 aromatic carbocycles. The Hall–Kier alpha value is -0.400. The van der Waals surface area contributed by atoms with E-state index in [1.165, 1.54) is 0 Å². The van der Waals surface area contributed by atoms with E-state index in [1.54, 1.807) is 13.8 Å². The minimum Gasteiger partial charge on any atom is -0.281 e. The van der Waals surface area contributed by atoms with E-state index in [9.17, 15) is 8.42 Å². The molecular weight excluding hydrogens is 318 g/mol. The molecule has 1 atom stereocenters. The molecule has 0 bridgehead atoms. The Morgan fingerprint density at radius 1 is 1.44 bits per heavy atom. The quantitative estimate of drug-likeness (QED) is 0.591. The molecule has 5 nitrogen and oxygen atoms in total. The van der Waals surface area contributed by atoms with Gasteiger partial charge in [0.05, 0.1) is 11.4 Å². The van der Waals surface area contributed by atoms with Crippen molar-refractivity contribution in [2.45, 2.75) is 38.5 Å². The summed E-state index contributed by atoms with van der Waals surface area (Å²) in [5.74, 6) is 0.562. The van der Waals surface area contributed by atoms with Crippen molar-refractivity contribution in [1.29, 1.82) is 0 Å². The Labute approximate surface area is 117 Å². The molecule has 2 N–H and O–H groups in total. The summed E-state index contributed by atoms with van der Waals surface area (Å²) in [5.41, 5.74) is 1.09. The first kappa shape index (κ1) is 15.7. The van der Waals surface area contributed by atoms with Crippen LogP contribution in [0.1, 0.15) is 31.2 Å². The average molecular weight is 338 g/mol. The molecule has 0 radical (unpaired) electrons. The summed E-state index contributed by atoms with van der Waals surface area (Å²) in [6.45, 7) is 5.99. The SMILES string of the molecule is Cc1n[nH]c(C)c1S(=O)(=O)NCCCC(C)CBr. The second kappa shape index (κ2) is 6.68. The van der Waals surface area contributed by atoms with E-state index in [2.05, 4.69) is 37.8 Å². The molecule has 0 amide bonds. The molecule has 104 valence electrons. The van der Waals surface area contributed by atoms with Gasteiger partial charge in [-0.3, -0.25) is 5.10 Å². The molecule has 7 heteroatoms. The van der Waals surface area contributed by atoms with Crippen molar-refractivity contribution >= 4 is 26.0 Å². The lowest BCUT2D eigenvalue weighted by Gasteiger charge is -2.09. The topological polar surface area (TPSA) is 74.8 Å². The van der Waals surface area contributed by atoms with Gasteiger partial charge in [-0.2, -0.15) is 5.10 Å². The van der Waals surface area contributed by atoms with Gasteiger partial charge in [0.2, 0.25) is 10.0 Å². The zero-order valence-corrected chi connectivity index (χ0v) is 13.4. The molecule has 1 rings (SSSR count). The van der Waals surface area contributed by atoms with Gasteiger partial charge in [0.25, 0.3) is 0 Å². The van der Waals surface area contributed by atoms with Crippen LogP contribution in [0.5, 0.6) is 0 Å². The Morgan fingerprint density at radius 3 is 2.61 bits per heavy atom. The summed E-state index contributed by atoms with van der Waals surface area (Å²) < 4.78 is 26.8. The fourth-order valence-corrected chi connectivity index (χ4v) is 3.51. The summed E-state index contributed by atoms with van der Waals surface area (Å²) in [7, 11) is -3.44. The Morgan fingerprint density at radius 2 is 2.11 bits per heavy atom. The first-order valence-corrected chi connectivity index (χ1v) is 8.56. The first-order chi connectivity index (χ1) is 8.38. The zero-order valence-electron chi connectivity index (χ0n) is 11.0. The van der Waals surface area contributed by atoms with Crippen LogP contribution in [0.25, 0.3) is 0 Å². The molecule has 0 spiro atoms. The van der Waals surface area contributed by atoms with Gasteiger partial charge in [0, 0.05) is 11.9 Å². The molecular formula is C11H20BrN3O2S. The molecule has 1 aromatic rings. The van der Waals surface area contributed by atoms with Crippen LogP contribution in [0.4, 0.5) is 0 Å². The van der Waals surface area contributed by atoms with E-state index in [0.29, 0.717) is 23.9 Å². The van der Waals surface area contributed by atoms with Crippen molar-refractivity contribution in [1.82, 2.24) is 14.9 Å². The highest BCUT2D eigenvalue weighted by molar-refractivity contribution is 9.09. The summed E-state index contributed by atoms with van der Waals surface area (Å²) in [6.07, 6.45) is 1.83. The number of hydrogen-bond donors (Lipinski definition) is 2. The van der Waals surface area contributed by atoms with E-state index in [4.69, 9.17) is 0 Å². The van der Waals surface area contributed by atoms with Crippen molar-refractivity contribution in [3.8, 4) is 0 Å². The van der Waals surface area contributed by atoms with Gasteiger partial charge in [-0.05, 0) is 32.6 Å². The van der Waals surface area contributed by atoms with Gasteiger partial charge in [-0.25, -0.2) is 13.1 Å². The van der Waals surface area contributed by atoms with Crippen LogP contribution in [0.15, 0.2) is 4.90 Å². The number of aromatic nitrogens is 2. The zero-order chi connectivity index (χ0) is 13.8. The molecule has 0 fully saturated rings. The third kappa shape index (κ3) is 4.07. The number of aromatic amines is 1. The highest BCUT2D eigenvalue weighted by atomic mass is 79.9. The molecule has 0 aliphatic carbocycles. The van der Waals surface area contributed by atoms with Crippen LogP contribution in [0, 0.1) is 19.8 Å². The molecule has 1 heterocycles. The predicted molar refractivity (Wildman–Crippen MR) is 75.4 cm³/mol. The van der Waals surface area contributed by atoms with Crippen molar-refractivity contribution in [3.05, 3.63) is 11.4 Å². The van der Waals surface area contributed by atoms with Crippen LogP contribution < -0.4 is 4.72 Å². The fourth-order valence-electron chi connectivity index (χ4n) is 1.74. The standard InChI is InChI=1S/C11H20BrN3O2S/c1-8(7-12)5-4-6-13-18(16,17)11-9(2)14-15-10(11)3/h8,13H,4-7H2,1-3H3,(H,14,15). The lowest BCUT2D eigenvalue weighted by Crippen LogP contribution is -2.26. The van der Waals surface area contributed by atoms with Crippen molar-refractivity contribution in [2.75, 3.05) is 11.9 Å². The van der Waals surface area contributed by atoms with Crippen LogP contribution in [0.2, 0.25) is 0 Å². The maximum atomic E-state index is 12.1. The van der Waals surface area contributed by atoms with E-state index >= 15 is 0 Å². The van der Waals surface area contributed by atoms with Crippen molar-refractivity contribution in [2.24, 2.45) is 5.92 Å². The predicted octanol–water partition coefficient (Wildman–Crippen LogP) is 2.12. The van der Waals surface area contributed by atoms with Gasteiger partial charge in [0.15, 0.2) is 0 Å². The Balaban J connectivity index is 2.56. The molecule has 18 heavy (non-hydrogen) atoms. The summed E-state index contributed by atoms with van der Waals surface area (Å²) in [6, 6.07) is 0. The van der Waals surface area contributed by atoms with Crippen LogP contribution in [-0.2, 0) is 10.0 Å². The smallest absolute Gasteiger partial charge is 0.244 e. The van der Waals surface area contributed by atoms with E-state index in [-0.39, 0.29) is 4.90 Å². The second-order valence-corrected chi connectivity index (χ2v) is 6.91. The van der Waals surface area contributed by atoms with Gasteiger partial charge < -0.3 is 0 Å².